The minimum absolute atomic E-state index is 0.0462. The Bertz CT molecular complexity index is 1040. The van der Waals surface area contributed by atoms with Crippen LogP contribution in [-0.4, -0.2) is 22.5 Å². The van der Waals surface area contributed by atoms with Gasteiger partial charge in [0.1, 0.15) is 10.6 Å². The molecule has 0 atom stereocenters. The van der Waals surface area contributed by atoms with Crippen LogP contribution in [0.5, 0.6) is 5.75 Å². The van der Waals surface area contributed by atoms with Gasteiger partial charge in [0.2, 0.25) is 0 Å². The molecule has 1 fully saturated rings. The van der Waals surface area contributed by atoms with E-state index in [1.807, 2.05) is 18.2 Å². The molecule has 2 aromatic carbocycles. The molecule has 1 aliphatic carbocycles. The molecule has 1 aliphatic rings. The first-order valence-corrected chi connectivity index (χ1v) is 10.6. The SMILES string of the molecule is O=C(NCCCc1ccccc1)c1sc(C#Cc2ccc(O)cc2)nc1C1CC1. The monoisotopic (exact) mass is 402 g/mol. The summed E-state index contributed by atoms with van der Waals surface area (Å²) < 4.78 is 0. The Morgan fingerprint density at radius 3 is 2.59 bits per heavy atom. The summed E-state index contributed by atoms with van der Waals surface area (Å²) in [5.41, 5.74) is 2.98. The molecule has 0 spiro atoms. The van der Waals surface area contributed by atoms with Crippen molar-refractivity contribution in [1.29, 1.82) is 0 Å². The summed E-state index contributed by atoms with van der Waals surface area (Å²) in [6.45, 7) is 0.643. The predicted molar refractivity (Wildman–Crippen MR) is 115 cm³/mol. The summed E-state index contributed by atoms with van der Waals surface area (Å²) in [6.07, 6.45) is 4.02. The summed E-state index contributed by atoms with van der Waals surface area (Å²) in [5, 5.41) is 13.1. The Morgan fingerprint density at radius 2 is 1.86 bits per heavy atom. The van der Waals surface area contributed by atoms with Gasteiger partial charge in [0.05, 0.1) is 5.69 Å². The molecule has 0 saturated heterocycles. The van der Waals surface area contributed by atoms with Crippen LogP contribution in [0.3, 0.4) is 0 Å². The smallest absolute Gasteiger partial charge is 0.263 e. The van der Waals surface area contributed by atoms with Gasteiger partial charge in [-0.3, -0.25) is 4.79 Å². The fourth-order valence-corrected chi connectivity index (χ4v) is 3.99. The highest BCUT2D eigenvalue weighted by Gasteiger charge is 2.31. The first-order valence-electron chi connectivity index (χ1n) is 9.83. The van der Waals surface area contributed by atoms with Crippen LogP contribution in [0.15, 0.2) is 54.6 Å². The van der Waals surface area contributed by atoms with Gasteiger partial charge in [-0.1, -0.05) is 36.3 Å². The third-order valence-electron chi connectivity index (χ3n) is 4.78. The Hall–Kier alpha value is -3.10. The number of carbonyl (C=O) groups is 1. The van der Waals surface area contributed by atoms with Crippen molar-refractivity contribution in [2.45, 2.75) is 31.6 Å². The lowest BCUT2D eigenvalue weighted by molar-refractivity contribution is 0.0956. The molecular formula is C24H22N2O2S. The first kappa shape index (κ1) is 19.2. The number of aromatic hydroxyl groups is 1. The molecule has 3 aromatic rings. The Labute approximate surface area is 174 Å². The number of benzene rings is 2. The minimum Gasteiger partial charge on any atom is -0.508 e. The maximum absolute atomic E-state index is 12.7. The Balaban J connectivity index is 1.40. The molecule has 0 aliphatic heterocycles. The number of thiazole rings is 1. The summed E-state index contributed by atoms with van der Waals surface area (Å²) in [4.78, 5) is 18.1. The molecule has 4 nitrogen and oxygen atoms in total. The molecule has 1 heterocycles. The van der Waals surface area contributed by atoms with Crippen LogP contribution in [0, 0.1) is 11.8 Å². The summed E-state index contributed by atoms with van der Waals surface area (Å²) in [6, 6.07) is 17.0. The van der Waals surface area contributed by atoms with E-state index < -0.39 is 0 Å². The summed E-state index contributed by atoms with van der Waals surface area (Å²) >= 11 is 1.37. The van der Waals surface area contributed by atoms with Crippen LogP contribution >= 0.6 is 11.3 Å². The third-order valence-corrected chi connectivity index (χ3v) is 5.76. The molecule has 2 N–H and O–H groups in total. The van der Waals surface area contributed by atoms with E-state index in [9.17, 15) is 9.90 Å². The fraction of sp³-hybridized carbons (Fsp3) is 0.250. The highest BCUT2D eigenvalue weighted by atomic mass is 32.1. The largest absolute Gasteiger partial charge is 0.508 e. The van der Waals surface area contributed by atoms with Gasteiger partial charge < -0.3 is 10.4 Å². The van der Waals surface area contributed by atoms with Crippen LogP contribution in [0.25, 0.3) is 0 Å². The molecule has 146 valence electrons. The van der Waals surface area contributed by atoms with Gasteiger partial charge in [-0.25, -0.2) is 4.98 Å². The standard InChI is InChI=1S/C24H22N2O2S/c27-20-13-8-18(9-14-20)10-15-21-26-22(19-11-12-19)23(29-21)24(28)25-16-4-7-17-5-2-1-3-6-17/h1-3,5-6,8-9,13-14,19,27H,4,7,11-12,16H2,(H,25,28). The van der Waals surface area contributed by atoms with Gasteiger partial charge in [0, 0.05) is 18.0 Å². The summed E-state index contributed by atoms with van der Waals surface area (Å²) in [7, 11) is 0. The van der Waals surface area contributed by atoms with E-state index >= 15 is 0 Å². The highest BCUT2D eigenvalue weighted by molar-refractivity contribution is 7.14. The van der Waals surface area contributed by atoms with Crippen molar-refractivity contribution in [1.82, 2.24) is 10.3 Å². The number of aryl methyl sites for hydroxylation is 1. The average molecular weight is 403 g/mol. The first-order chi connectivity index (χ1) is 14.2. The van der Waals surface area contributed by atoms with Crippen molar-refractivity contribution >= 4 is 17.2 Å². The molecule has 0 radical (unpaired) electrons. The molecule has 0 bridgehead atoms. The second-order valence-corrected chi connectivity index (χ2v) is 8.15. The van der Waals surface area contributed by atoms with Crippen LogP contribution in [0.2, 0.25) is 0 Å². The van der Waals surface area contributed by atoms with Gasteiger partial charge in [-0.05, 0) is 61.4 Å². The van der Waals surface area contributed by atoms with Crippen molar-refractivity contribution in [3.8, 4) is 17.6 Å². The normalized spacial score (nSPS) is 12.8. The maximum Gasteiger partial charge on any atom is 0.263 e. The van der Waals surface area contributed by atoms with Crippen LogP contribution in [0.1, 0.15) is 56.7 Å². The number of amides is 1. The topological polar surface area (TPSA) is 62.2 Å². The van der Waals surface area contributed by atoms with E-state index in [1.165, 1.54) is 16.9 Å². The third kappa shape index (κ3) is 5.24. The van der Waals surface area contributed by atoms with Gasteiger partial charge in [0.25, 0.3) is 5.91 Å². The van der Waals surface area contributed by atoms with Crippen molar-refractivity contribution in [2.75, 3.05) is 6.54 Å². The number of nitrogens with one attached hydrogen (secondary N) is 1. The molecule has 29 heavy (non-hydrogen) atoms. The Morgan fingerprint density at radius 1 is 1.10 bits per heavy atom. The number of hydrogen-bond acceptors (Lipinski definition) is 4. The number of aromatic nitrogens is 1. The quantitative estimate of drug-likeness (QED) is 0.472. The zero-order valence-electron chi connectivity index (χ0n) is 16.0. The average Bonchev–Trinajstić information content (AvgIpc) is 3.50. The Kier molecular flexibility index (Phi) is 5.92. The van der Waals surface area contributed by atoms with E-state index in [2.05, 4.69) is 34.3 Å². The van der Waals surface area contributed by atoms with Crippen molar-refractivity contribution < 1.29 is 9.90 Å². The number of phenolic OH excluding ortho intramolecular Hbond substituents is 1. The van der Waals surface area contributed by atoms with Crippen molar-refractivity contribution in [3.63, 3.8) is 0 Å². The lowest BCUT2D eigenvalue weighted by Crippen LogP contribution is -2.24. The molecule has 4 rings (SSSR count). The molecule has 1 saturated carbocycles. The fourth-order valence-electron chi connectivity index (χ4n) is 3.07. The highest BCUT2D eigenvalue weighted by Crippen LogP contribution is 2.42. The van der Waals surface area contributed by atoms with Gasteiger partial charge >= 0.3 is 0 Å². The van der Waals surface area contributed by atoms with E-state index in [1.54, 1.807) is 24.3 Å². The second kappa shape index (κ2) is 8.93. The summed E-state index contributed by atoms with van der Waals surface area (Å²) in [5.74, 6) is 6.67. The van der Waals surface area contributed by atoms with E-state index in [-0.39, 0.29) is 11.7 Å². The second-order valence-electron chi connectivity index (χ2n) is 7.15. The van der Waals surface area contributed by atoms with Gasteiger partial charge in [-0.15, -0.1) is 11.3 Å². The van der Waals surface area contributed by atoms with Gasteiger partial charge in [-0.2, -0.15) is 0 Å². The van der Waals surface area contributed by atoms with Crippen LogP contribution in [0.4, 0.5) is 0 Å². The van der Waals surface area contributed by atoms with Crippen molar-refractivity contribution in [2.24, 2.45) is 0 Å². The minimum atomic E-state index is -0.0462. The number of nitrogens with zero attached hydrogens (tertiary/aromatic N) is 1. The zero-order valence-corrected chi connectivity index (χ0v) is 16.8. The molecule has 1 aromatic heterocycles. The lowest BCUT2D eigenvalue weighted by Gasteiger charge is -2.05. The van der Waals surface area contributed by atoms with Crippen molar-refractivity contribution in [3.05, 3.63) is 81.3 Å². The maximum atomic E-state index is 12.7. The number of rotatable bonds is 6. The van der Waals surface area contributed by atoms with Crippen LogP contribution < -0.4 is 5.32 Å². The lowest BCUT2D eigenvalue weighted by atomic mass is 10.1. The number of phenols is 1. The molecule has 0 unspecified atom stereocenters. The van der Waals surface area contributed by atoms with E-state index in [0.29, 0.717) is 22.3 Å². The van der Waals surface area contributed by atoms with Gasteiger partial charge in [0.15, 0.2) is 5.01 Å². The van der Waals surface area contributed by atoms with E-state index in [0.717, 1.165) is 36.9 Å². The van der Waals surface area contributed by atoms with E-state index in [4.69, 9.17) is 0 Å². The number of carbonyl (C=O) groups excluding carboxylic acids is 1. The molecule has 5 heteroatoms. The predicted octanol–water partition coefficient (Wildman–Crippen LogP) is 4.49. The molecule has 1 amide bonds. The van der Waals surface area contributed by atoms with Crippen LogP contribution in [-0.2, 0) is 6.42 Å². The molecular weight excluding hydrogens is 380 g/mol. The zero-order chi connectivity index (χ0) is 20.1. The number of hydrogen-bond donors (Lipinski definition) is 2.